The fraction of sp³-hybridized carbons (Fsp3) is 0.0400. The molecule has 0 saturated carbocycles. The molecule has 0 spiro atoms. The van der Waals surface area contributed by atoms with E-state index in [0.717, 1.165) is 22.1 Å². The Balaban J connectivity index is 0.00000256. The number of nitrogens with zero attached hydrogens (tertiary/aromatic N) is 1. The molecule has 4 rings (SSSR count). The maximum Gasteiger partial charge on any atom is 0.311 e. The van der Waals surface area contributed by atoms with Crippen molar-refractivity contribution in [1.29, 1.82) is 0 Å². The average molecular weight is 478 g/mol. The summed E-state index contributed by atoms with van der Waals surface area (Å²) in [4.78, 5) is 11.8. The summed E-state index contributed by atoms with van der Waals surface area (Å²) in [5, 5.41) is 15.1. The SMILES string of the molecule is O=[N+]([O-])c1ccccc1[P+](Cc1ccccc1)(c1ccccc1)c1ccccc1.[Br-]. The molecule has 0 aliphatic rings. The van der Waals surface area contributed by atoms with E-state index < -0.39 is 7.26 Å². The first-order chi connectivity index (χ1) is 14.2. The van der Waals surface area contributed by atoms with Gasteiger partial charge in [0.05, 0.1) is 11.1 Å². The van der Waals surface area contributed by atoms with E-state index in [0.29, 0.717) is 0 Å². The summed E-state index contributed by atoms with van der Waals surface area (Å²) >= 11 is 0. The maximum absolute atomic E-state index is 12.0. The Bertz CT molecular complexity index is 1070. The van der Waals surface area contributed by atoms with E-state index in [-0.39, 0.29) is 27.6 Å². The van der Waals surface area contributed by atoms with Crippen LogP contribution in [0.1, 0.15) is 5.56 Å². The second kappa shape index (κ2) is 9.80. The smallest absolute Gasteiger partial charge is 0.311 e. The molecule has 150 valence electrons. The van der Waals surface area contributed by atoms with Gasteiger partial charge in [0.2, 0.25) is 0 Å². The van der Waals surface area contributed by atoms with Crippen LogP contribution in [0.25, 0.3) is 0 Å². The predicted octanol–water partition coefficient (Wildman–Crippen LogP) is 2.09. The molecule has 0 N–H and O–H groups in total. The molecule has 5 heteroatoms. The highest BCUT2D eigenvalue weighted by Crippen LogP contribution is 2.59. The Hall–Kier alpha value is -2.81. The third-order valence-electron chi connectivity index (χ3n) is 5.15. The van der Waals surface area contributed by atoms with E-state index in [4.69, 9.17) is 0 Å². The molecule has 0 aromatic heterocycles. The van der Waals surface area contributed by atoms with Crippen LogP contribution in [0.5, 0.6) is 0 Å². The van der Waals surface area contributed by atoms with Gasteiger partial charge in [-0.25, -0.2) is 0 Å². The molecule has 0 radical (unpaired) electrons. The van der Waals surface area contributed by atoms with Gasteiger partial charge in [0, 0.05) is 6.07 Å². The molecule has 0 atom stereocenters. The van der Waals surface area contributed by atoms with Crippen LogP contribution in [0.2, 0.25) is 0 Å². The van der Waals surface area contributed by atoms with Crippen molar-refractivity contribution in [2.75, 3.05) is 0 Å². The number of nitro groups is 1. The molecule has 0 aliphatic carbocycles. The van der Waals surface area contributed by atoms with Crippen molar-refractivity contribution in [3.63, 3.8) is 0 Å². The number of benzene rings is 4. The molecular weight excluding hydrogens is 457 g/mol. The van der Waals surface area contributed by atoms with Crippen molar-refractivity contribution in [1.82, 2.24) is 0 Å². The summed E-state index contributed by atoms with van der Waals surface area (Å²) in [6, 6.07) is 38.0. The van der Waals surface area contributed by atoms with Crippen molar-refractivity contribution < 1.29 is 21.9 Å². The second-order valence-electron chi connectivity index (χ2n) is 6.87. The van der Waals surface area contributed by atoms with Crippen LogP contribution in [0.15, 0.2) is 115 Å². The summed E-state index contributed by atoms with van der Waals surface area (Å²) in [5.74, 6) is 0. The van der Waals surface area contributed by atoms with Crippen LogP contribution in [0, 0.1) is 10.1 Å². The lowest BCUT2D eigenvalue weighted by molar-refractivity contribution is -0.383. The minimum atomic E-state index is -2.31. The predicted molar refractivity (Wildman–Crippen MR) is 122 cm³/mol. The summed E-state index contributed by atoms with van der Waals surface area (Å²) < 4.78 is 0. The van der Waals surface area contributed by atoms with Crippen molar-refractivity contribution in [3.8, 4) is 0 Å². The molecular formula is C25H21BrNO2P. The first-order valence-corrected chi connectivity index (χ1v) is 11.5. The third-order valence-corrected chi connectivity index (χ3v) is 9.55. The Morgan fingerprint density at radius 1 is 0.633 bits per heavy atom. The summed E-state index contributed by atoms with van der Waals surface area (Å²) in [5.41, 5.74) is 1.36. The normalized spacial score (nSPS) is 10.8. The van der Waals surface area contributed by atoms with E-state index >= 15 is 0 Å². The quantitative estimate of drug-likeness (QED) is 0.242. The van der Waals surface area contributed by atoms with Gasteiger partial charge in [-0.2, -0.15) is 0 Å². The summed E-state index contributed by atoms with van der Waals surface area (Å²) in [6.07, 6.45) is 0.729. The average Bonchev–Trinajstić information content (AvgIpc) is 2.79. The summed E-state index contributed by atoms with van der Waals surface area (Å²) in [6.45, 7) is 0. The van der Waals surface area contributed by atoms with Crippen LogP contribution in [0.4, 0.5) is 5.69 Å². The molecule has 4 aromatic rings. The summed E-state index contributed by atoms with van der Waals surface area (Å²) in [7, 11) is -2.31. The Kier molecular flexibility index (Phi) is 7.15. The molecule has 0 fully saturated rings. The second-order valence-corrected chi connectivity index (χ2v) is 10.3. The number of para-hydroxylation sites is 1. The van der Waals surface area contributed by atoms with Crippen molar-refractivity contribution in [2.24, 2.45) is 0 Å². The molecule has 0 saturated heterocycles. The standard InChI is InChI=1S/C25H21NO2P.BrH/c27-26(28)24-18-10-11-19-25(24)29(22-14-6-2-7-15-22,23-16-8-3-9-17-23)20-21-12-4-1-5-13-21;/h1-19H,20H2;1H/q+1;/p-1. The van der Waals surface area contributed by atoms with E-state index in [9.17, 15) is 10.1 Å². The maximum atomic E-state index is 12.0. The zero-order chi connectivity index (χ0) is 20.1. The highest BCUT2D eigenvalue weighted by atomic mass is 79.9. The highest BCUT2D eigenvalue weighted by molar-refractivity contribution is 7.95. The van der Waals surface area contributed by atoms with Crippen LogP contribution in [-0.4, -0.2) is 4.92 Å². The van der Waals surface area contributed by atoms with Crippen molar-refractivity contribution in [2.45, 2.75) is 6.16 Å². The van der Waals surface area contributed by atoms with E-state index in [1.165, 1.54) is 5.56 Å². The van der Waals surface area contributed by atoms with Gasteiger partial charge in [0.25, 0.3) is 0 Å². The Labute approximate surface area is 187 Å². The van der Waals surface area contributed by atoms with Crippen LogP contribution in [0.3, 0.4) is 0 Å². The molecule has 4 aromatic carbocycles. The molecule has 30 heavy (non-hydrogen) atoms. The molecule has 0 unspecified atom stereocenters. The van der Waals surface area contributed by atoms with Gasteiger partial charge in [-0.15, -0.1) is 0 Å². The first kappa shape index (κ1) is 21.9. The monoisotopic (exact) mass is 477 g/mol. The minimum Gasteiger partial charge on any atom is -1.00 e. The molecule has 0 aliphatic heterocycles. The Morgan fingerprint density at radius 2 is 1.07 bits per heavy atom. The number of nitro benzene ring substituents is 1. The molecule has 3 nitrogen and oxygen atoms in total. The van der Waals surface area contributed by atoms with E-state index in [1.807, 2.05) is 66.7 Å². The van der Waals surface area contributed by atoms with Crippen LogP contribution in [-0.2, 0) is 6.16 Å². The zero-order valence-electron chi connectivity index (χ0n) is 16.3. The number of hydrogen-bond donors (Lipinski definition) is 0. The van der Waals surface area contributed by atoms with Gasteiger partial charge in [-0.3, -0.25) is 10.1 Å². The minimum absolute atomic E-state index is 0. The van der Waals surface area contributed by atoms with Gasteiger partial charge >= 0.3 is 5.69 Å². The molecule has 0 amide bonds. The lowest BCUT2D eigenvalue weighted by atomic mass is 10.2. The van der Waals surface area contributed by atoms with Crippen LogP contribution < -0.4 is 32.9 Å². The largest absolute Gasteiger partial charge is 1.00 e. The fourth-order valence-corrected chi connectivity index (χ4v) is 8.26. The Morgan fingerprint density at radius 3 is 1.57 bits per heavy atom. The number of halogens is 1. The van der Waals surface area contributed by atoms with Gasteiger partial charge in [0.1, 0.15) is 17.9 Å². The molecule has 0 bridgehead atoms. The number of rotatable bonds is 6. The van der Waals surface area contributed by atoms with E-state index in [1.54, 1.807) is 12.1 Å². The topological polar surface area (TPSA) is 43.1 Å². The van der Waals surface area contributed by atoms with E-state index in [2.05, 4.69) is 36.4 Å². The van der Waals surface area contributed by atoms with Gasteiger partial charge in [0.15, 0.2) is 5.30 Å². The number of hydrogen-bond acceptors (Lipinski definition) is 2. The first-order valence-electron chi connectivity index (χ1n) is 9.49. The lowest BCUT2D eigenvalue weighted by Crippen LogP contribution is -3.00. The van der Waals surface area contributed by atoms with Crippen molar-refractivity contribution >= 4 is 28.9 Å². The van der Waals surface area contributed by atoms with Gasteiger partial charge in [-0.1, -0.05) is 78.9 Å². The molecule has 0 heterocycles. The van der Waals surface area contributed by atoms with Crippen molar-refractivity contribution in [3.05, 3.63) is 131 Å². The fourth-order valence-electron chi connectivity index (χ4n) is 3.86. The van der Waals surface area contributed by atoms with Gasteiger partial charge in [-0.05, 0) is 35.9 Å². The zero-order valence-corrected chi connectivity index (χ0v) is 18.7. The lowest BCUT2D eigenvalue weighted by Gasteiger charge is -2.27. The third kappa shape index (κ3) is 4.21. The highest BCUT2D eigenvalue weighted by Gasteiger charge is 2.49. The van der Waals surface area contributed by atoms with Crippen LogP contribution >= 0.6 is 7.26 Å². The van der Waals surface area contributed by atoms with Gasteiger partial charge < -0.3 is 17.0 Å².